The second-order valence-corrected chi connectivity index (χ2v) is 10.0. The number of aromatic nitrogens is 1. The first-order valence-corrected chi connectivity index (χ1v) is 13.3. The molecule has 2 fully saturated rings. The Morgan fingerprint density at radius 1 is 1.05 bits per heavy atom. The van der Waals surface area contributed by atoms with E-state index in [9.17, 15) is 23.6 Å². The third-order valence-corrected chi connectivity index (χ3v) is 7.43. The molecule has 0 aliphatic carbocycles. The number of morpholine rings is 2. The maximum atomic E-state index is 13.9. The molecule has 212 valence electrons. The van der Waals surface area contributed by atoms with E-state index in [1.54, 1.807) is 29.7 Å². The van der Waals surface area contributed by atoms with Gasteiger partial charge in [-0.15, -0.1) is 0 Å². The molecule has 1 atom stereocenters. The number of benzene rings is 1. The number of aromatic amines is 1. The van der Waals surface area contributed by atoms with E-state index < -0.39 is 17.8 Å². The maximum absolute atomic E-state index is 13.9. The van der Waals surface area contributed by atoms with Gasteiger partial charge in [0.1, 0.15) is 11.9 Å². The van der Waals surface area contributed by atoms with Crippen molar-refractivity contribution >= 4 is 41.0 Å². The minimum Gasteiger partial charge on any atom is -0.378 e. The molecule has 4 amide bonds. The summed E-state index contributed by atoms with van der Waals surface area (Å²) in [5.74, 6) is -1.94. The van der Waals surface area contributed by atoms with Crippen LogP contribution >= 0.6 is 0 Å². The van der Waals surface area contributed by atoms with Crippen LogP contribution in [0.15, 0.2) is 18.2 Å². The first-order chi connectivity index (χ1) is 19.2. The zero-order valence-corrected chi connectivity index (χ0v) is 22.5. The molecular formula is C28H32FN5O6. The Morgan fingerprint density at radius 2 is 1.70 bits per heavy atom. The molecule has 0 spiro atoms. The number of nitrogens with one attached hydrogen (secondary N) is 3. The van der Waals surface area contributed by atoms with Crippen LogP contribution in [0.25, 0.3) is 11.6 Å². The minimum atomic E-state index is -1.06. The van der Waals surface area contributed by atoms with Crippen LogP contribution in [-0.2, 0) is 23.9 Å². The molecule has 0 bridgehead atoms. The highest BCUT2D eigenvalue weighted by Crippen LogP contribution is 2.34. The molecule has 1 unspecified atom stereocenters. The van der Waals surface area contributed by atoms with Gasteiger partial charge in [-0.3, -0.25) is 19.2 Å². The Balaban J connectivity index is 1.39. The summed E-state index contributed by atoms with van der Waals surface area (Å²) in [6, 6.07) is 2.99. The molecule has 3 aliphatic rings. The minimum absolute atomic E-state index is 0.177. The van der Waals surface area contributed by atoms with E-state index in [0.717, 1.165) is 0 Å². The second-order valence-electron chi connectivity index (χ2n) is 10.0. The lowest BCUT2D eigenvalue weighted by Gasteiger charge is -2.32. The lowest BCUT2D eigenvalue weighted by Crippen LogP contribution is -2.54. The van der Waals surface area contributed by atoms with Crippen LogP contribution < -0.4 is 10.6 Å². The lowest BCUT2D eigenvalue weighted by atomic mass is 10.0. The van der Waals surface area contributed by atoms with Crippen LogP contribution in [0.4, 0.5) is 10.1 Å². The summed E-state index contributed by atoms with van der Waals surface area (Å²) < 4.78 is 24.6. The Morgan fingerprint density at radius 3 is 2.38 bits per heavy atom. The Hall–Kier alpha value is -4.03. The molecule has 11 nitrogen and oxygen atoms in total. The normalized spacial score (nSPS) is 18.9. The van der Waals surface area contributed by atoms with Crippen molar-refractivity contribution in [3.05, 3.63) is 52.1 Å². The smallest absolute Gasteiger partial charge is 0.256 e. The number of rotatable bonds is 6. The molecule has 2 saturated heterocycles. The number of hydrogen-bond donors (Lipinski definition) is 3. The van der Waals surface area contributed by atoms with E-state index in [1.807, 2.05) is 0 Å². The standard InChI is InChI=1S/C28H32FN5O6/c1-16-22(14-20-19-13-18(29)3-4-21(19)31-26(20)36)30-17(2)25(16)27(37)32-23(28(38)34-7-11-40-12-8-34)15-24(35)33-5-9-39-10-6-33/h3-4,13-14,23,30H,5-12,15H2,1-2H3,(H,31,36)(H,32,37). The van der Waals surface area contributed by atoms with Gasteiger partial charge in [0.2, 0.25) is 11.8 Å². The number of halogens is 1. The van der Waals surface area contributed by atoms with E-state index in [-0.39, 0.29) is 29.7 Å². The van der Waals surface area contributed by atoms with Crippen LogP contribution in [0.1, 0.15) is 39.3 Å². The van der Waals surface area contributed by atoms with Crippen LogP contribution in [0.3, 0.4) is 0 Å². The van der Waals surface area contributed by atoms with Crippen molar-refractivity contribution in [3.8, 4) is 0 Å². The van der Waals surface area contributed by atoms with Gasteiger partial charge >= 0.3 is 0 Å². The van der Waals surface area contributed by atoms with Crippen molar-refractivity contribution in [2.24, 2.45) is 0 Å². The molecule has 1 aromatic carbocycles. The lowest BCUT2D eigenvalue weighted by molar-refractivity contribution is -0.143. The average Bonchev–Trinajstić information content (AvgIpc) is 3.42. The molecule has 4 heterocycles. The van der Waals surface area contributed by atoms with E-state index in [4.69, 9.17) is 9.47 Å². The van der Waals surface area contributed by atoms with Gasteiger partial charge in [0.15, 0.2) is 0 Å². The second kappa shape index (κ2) is 11.6. The number of aryl methyl sites for hydroxylation is 1. The van der Waals surface area contributed by atoms with E-state index in [1.165, 1.54) is 18.2 Å². The predicted molar refractivity (Wildman–Crippen MR) is 144 cm³/mol. The zero-order valence-electron chi connectivity index (χ0n) is 22.5. The topological polar surface area (TPSA) is 133 Å². The number of nitrogens with zero attached hydrogens (tertiary/aromatic N) is 2. The third-order valence-electron chi connectivity index (χ3n) is 7.43. The van der Waals surface area contributed by atoms with E-state index in [2.05, 4.69) is 15.6 Å². The van der Waals surface area contributed by atoms with Gasteiger partial charge in [-0.1, -0.05) is 0 Å². The molecule has 5 rings (SSSR count). The van der Waals surface area contributed by atoms with Gasteiger partial charge in [-0.05, 0) is 43.7 Å². The van der Waals surface area contributed by atoms with Crippen LogP contribution in [0.2, 0.25) is 0 Å². The summed E-state index contributed by atoms with van der Waals surface area (Å²) >= 11 is 0. The fourth-order valence-electron chi connectivity index (χ4n) is 5.26. The van der Waals surface area contributed by atoms with Crippen LogP contribution in [0.5, 0.6) is 0 Å². The van der Waals surface area contributed by atoms with Crippen molar-refractivity contribution < 1.29 is 33.0 Å². The molecular weight excluding hydrogens is 521 g/mol. The van der Waals surface area contributed by atoms with Crippen molar-refractivity contribution in [2.75, 3.05) is 57.9 Å². The summed E-state index contributed by atoms with van der Waals surface area (Å²) in [5.41, 5.74) is 3.09. The SMILES string of the molecule is Cc1[nH]c(C=C2C(=O)Nc3ccc(F)cc32)c(C)c1C(=O)NC(CC(=O)N1CCOCC1)C(=O)N1CCOCC1. The summed E-state index contributed by atoms with van der Waals surface area (Å²) in [5, 5.41) is 5.51. The maximum Gasteiger partial charge on any atom is 0.256 e. The zero-order chi connectivity index (χ0) is 28.4. The number of ether oxygens (including phenoxy) is 2. The van der Waals surface area contributed by atoms with Gasteiger partial charge in [0.25, 0.3) is 11.8 Å². The average molecular weight is 554 g/mol. The van der Waals surface area contributed by atoms with Crippen molar-refractivity contribution in [1.82, 2.24) is 20.1 Å². The monoisotopic (exact) mass is 553 g/mol. The molecule has 40 heavy (non-hydrogen) atoms. The molecule has 0 radical (unpaired) electrons. The van der Waals surface area contributed by atoms with E-state index in [0.29, 0.717) is 86.4 Å². The first kappa shape index (κ1) is 27.5. The number of H-pyrrole nitrogens is 1. The van der Waals surface area contributed by atoms with Gasteiger partial charge < -0.3 is 34.9 Å². The fraction of sp³-hybridized carbons (Fsp3) is 0.429. The molecule has 1 aromatic heterocycles. The molecule has 3 N–H and O–H groups in total. The van der Waals surface area contributed by atoms with Crippen molar-refractivity contribution in [1.29, 1.82) is 0 Å². The van der Waals surface area contributed by atoms with Gasteiger partial charge in [0.05, 0.1) is 44.0 Å². The third kappa shape index (κ3) is 5.63. The number of carbonyl (C=O) groups is 4. The van der Waals surface area contributed by atoms with Crippen molar-refractivity contribution in [2.45, 2.75) is 26.3 Å². The number of carbonyl (C=O) groups excluding carboxylic acids is 4. The van der Waals surface area contributed by atoms with Gasteiger partial charge in [0, 0.05) is 48.8 Å². The predicted octanol–water partition coefficient (Wildman–Crippen LogP) is 1.47. The summed E-state index contributed by atoms with van der Waals surface area (Å²) in [4.78, 5) is 59.0. The number of hydrogen-bond acceptors (Lipinski definition) is 6. The van der Waals surface area contributed by atoms with Crippen molar-refractivity contribution in [3.63, 3.8) is 0 Å². The highest BCUT2D eigenvalue weighted by Gasteiger charge is 2.33. The summed E-state index contributed by atoms with van der Waals surface area (Å²) in [6.45, 7) is 6.68. The highest BCUT2D eigenvalue weighted by atomic mass is 19.1. The van der Waals surface area contributed by atoms with Crippen LogP contribution in [0, 0.1) is 19.7 Å². The Bertz CT molecular complexity index is 1370. The number of fused-ring (bicyclic) bond motifs is 1. The largest absolute Gasteiger partial charge is 0.378 e. The van der Waals surface area contributed by atoms with Gasteiger partial charge in [-0.25, -0.2) is 4.39 Å². The molecule has 12 heteroatoms. The van der Waals surface area contributed by atoms with Crippen LogP contribution in [-0.4, -0.2) is 97.1 Å². The molecule has 2 aromatic rings. The number of anilines is 1. The quantitative estimate of drug-likeness (QED) is 0.464. The van der Waals surface area contributed by atoms with E-state index >= 15 is 0 Å². The fourth-order valence-corrected chi connectivity index (χ4v) is 5.26. The Labute approximate surface area is 230 Å². The summed E-state index contributed by atoms with van der Waals surface area (Å²) in [7, 11) is 0. The number of amides is 4. The summed E-state index contributed by atoms with van der Waals surface area (Å²) in [6.07, 6.45) is 1.40. The molecule has 0 saturated carbocycles. The highest BCUT2D eigenvalue weighted by molar-refractivity contribution is 6.35. The van der Waals surface area contributed by atoms with Gasteiger partial charge in [-0.2, -0.15) is 0 Å². The Kier molecular flexibility index (Phi) is 7.99. The first-order valence-electron chi connectivity index (χ1n) is 13.3. The molecule has 3 aliphatic heterocycles.